The van der Waals surface area contributed by atoms with E-state index in [2.05, 4.69) is 31.9 Å². The molecule has 0 spiro atoms. The number of rotatable bonds is 1. The van der Waals surface area contributed by atoms with Crippen molar-refractivity contribution < 1.29 is 4.79 Å². The summed E-state index contributed by atoms with van der Waals surface area (Å²) < 4.78 is 0.883. The topological polar surface area (TPSA) is 20.3 Å². The molecule has 1 amide bonds. The number of piperidine rings is 1. The van der Waals surface area contributed by atoms with Gasteiger partial charge in [-0.2, -0.15) is 0 Å². The smallest absolute Gasteiger partial charge is 0.255 e. The molecule has 0 unspecified atom stereocenters. The lowest BCUT2D eigenvalue weighted by Crippen LogP contribution is -2.38. The van der Waals surface area contributed by atoms with E-state index >= 15 is 0 Å². The van der Waals surface area contributed by atoms with Crippen molar-refractivity contribution in [2.75, 3.05) is 13.1 Å². The molecule has 2 rings (SSSR count). The van der Waals surface area contributed by atoms with Crippen molar-refractivity contribution in [3.05, 3.63) is 33.8 Å². The van der Waals surface area contributed by atoms with Crippen molar-refractivity contribution in [2.45, 2.75) is 24.6 Å². The average Bonchev–Trinajstić information content (AvgIpc) is 2.32. The van der Waals surface area contributed by atoms with E-state index < -0.39 is 0 Å². The number of nitrogens with zero attached hydrogens (tertiary/aromatic N) is 1. The van der Waals surface area contributed by atoms with Crippen molar-refractivity contribution in [3.8, 4) is 0 Å². The maximum Gasteiger partial charge on any atom is 0.255 e. The van der Waals surface area contributed by atoms with Gasteiger partial charge >= 0.3 is 0 Å². The van der Waals surface area contributed by atoms with Crippen LogP contribution in [0.2, 0.25) is 0 Å². The lowest BCUT2D eigenvalue weighted by atomic mass is 10.1. The zero-order valence-electron chi connectivity index (χ0n) is 9.75. The maximum absolute atomic E-state index is 12.4. The van der Waals surface area contributed by atoms with Crippen LogP contribution in [0.1, 0.15) is 28.8 Å². The summed E-state index contributed by atoms with van der Waals surface area (Å²) in [5, 5.41) is 0. The van der Waals surface area contributed by atoms with Crippen LogP contribution in [0, 0.1) is 6.92 Å². The first kappa shape index (κ1) is 13.1. The molecule has 0 N–H and O–H groups in total. The Morgan fingerprint density at radius 3 is 2.65 bits per heavy atom. The third kappa shape index (κ3) is 3.10. The number of halogens is 2. The molecule has 1 aromatic rings. The van der Waals surface area contributed by atoms with Crippen LogP contribution in [0.5, 0.6) is 0 Å². The lowest BCUT2D eigenvalue weighted by molar-refractivity contribution is 0.0727. The highest BCUT2D eigenvalue weighted by atomic mass is 79.9. The molecule has 0 radical (unpaired) electrons. The molecule has 0 aliphatic carbocycles. The van der Waals surface area contributed by atoms with Gasteiger partial charge in [0.25, 0.3) is 5.91 Å². The molecule has 1 aliphatic rings. The molecule has 1 heterocycles. The molecule has 17 heavy (non-hydrogen) atoms. The van der Waals surface area contributed by atoms with Crippen LogP contribution in [0.15, 0.2) is 22.7 Å². The molecule has 0 aromatic heterocycles. The summed E-state index contributed by atoms with van der Waals surface area (Å²) in [7, 11) is 0. The zero-order chi connectivity index (χ0) is 12.4. The van der Waals surface area contributed by atoms with Gasteiger partial charge < -0.3 is 4.90 Å². The molecule has 1 aromatic carbocycles. The van der Waals surface area contributed by atoms with Gasteiger partial charge in [0, 0.05) is 22.4 Å². The molecule has 1 aliphatic heterocycles. The first-order chi connectivity index (χ1) is 8.08. The minimum Gasteiger partial charge on any atom is -0.339 e. The van der Waals surface area contributed by atoms with Gasteiger partial charge in [0.1, 0.15) is 0 Å². The Bertz CT molecular complexity index is 425. The maximum atomic E-state index is 12.4. The van der Waals surface area contributed by atoms with Crippen LogP contribution in [0.3, 0.4) is 0 Å². The molecule has 0 atom stereocenters. The van der Waals surface area contributed by atoms with Crippen molar-refractivity contribution in [2.24, 2.45) is 0 Å². The Hall–Kier alpha value is -0.350. The van der Waals surface area contributed by atoms with E-state index in [1.165, 1.54) is 0 Å². The Morgan fingerprint density at radius 1 is 1.35 bits per heavy atom. The minimum absolute atomic E-state index is 0.139. The first-order valence-corrected chi connectivity index (χ1v) is 7.48. The second kappa shape index (κ2) is 5.53. The number of carbonyl (C=O) groups excluding carboxylic acids is 1. The summed E-state index contributed by atoms with van der Waals surface area (Å²) in [6, 6.07) is 5.90. The number of aryl methyl sites for hydroxylation is 1. The molecule has 92 valence electrons. The Balaban J connectivity index is 2.16. The van der Waals surface area contributed by atoms with Gasteiger partial charge in [0.05, 0.1) is 5.56 Å². The molecule has 1 saturated heterocycles. The molecular weight excluding hydrogens is 346 g/mol. The summed E-state index contributed by atoms with van der Waals surface area (Å²) >= 11 is 7.05. The van der Waals surface area contributed by atoms with E-state index in [1.54, 1.807) is 0 Å². The van der Waals surface area contributed by atoms with E-state index in [1.807, 2.05) is 30.0 Å². The van der Waals surface area contributed by atoms with Gasteiger partial charge in [-0.25, -0.2) is 0 Å². The third-order valence-electron chi connectivity index (χ3n) is 3.06. The molecule has 0 saturated carbocycles. The van der Waals surface area contributed by atoms with Gasteiger partial charge in [0.15, 0.2) is 0 Å². The molecular formula is C13H15Br2NO. The highest BCUT2D eigenvalue weighted by Gasteiger charge is 2.23. The molecule has 4 heteroatoms. The fourth-order valence-electron chi connectivity index (χ4n) is 2.02. The number of amides is 1. The Kier molecular flexibility index (Phi) is 4.26. The van der Waals surface area contributed by atoms with Crippen LogP contribution in [-0.2, 0) is 0 Å². The van der Waals surface area contributed by atoms with Gasteiger partial charge in [0.2, 0.25) is 0 Å². The van der Waals surface area contributed by atoms with Gasteiger partial charge in [-0.1, -0.05) is 27.6 Å². The number of hydrogen-bond acceptors (Lipinski definition) is 1. The van der Waals surface area contributed by atoms with Crippen LogP contribution in [-0.4, -0.2) is 28.7 Å². The highest BCUT2D eigenvalue weighted by molar-refractivity contribution is 9.10. The van der Waals surface area contributed by atoms with Gasteiger partial charge in [-0.15, -0.1) is 0 Å². The molecule has 2 nitrogen and oxygen atoms in total. The number of hydrogen-bond donors (Lipinski definition) is 0. The quantitative estimate of drug-likeness (QED) is 0.698. The van der Waals surface area contributed by atoms with Crippen LogP contribution < -0.4 is 0 Å². The Labute approximate surface area is 119 Å². The normalized spacial score (nSPS) is 17.2. The summed E-state index contributed by atoms with van der Waals surface area (Å²) in [5.74, 6) is 0.139. The fraction of sp³-hybridized carbons (Fsp3) is 0.462. The minimum atomic E-state index is 0.139. The summed E-state index contributed by atoms with van der Waals surface area (Å²) in [4.78, 5) is 14.9. The van der Waals surface area contributed by atoms with Crippen LogP contribution >= 0.6 is 31.9 Å². The van der Waals surface area contributed by atoms with Crippen molar-refractivity contribution in [1.82, 2.24) is 4.90 Å². The summed E-state index contributed by atoms with van der Waals surface area (Å²) in [6.45, 7) is 3.69. The number of alkyl halides is 1. The van der Waals surface area contributed by atoms with E-state index in [4.69, 9.17) is 0 Å². The number of benzene rings is 1. The first-order valence-electron chi connectivity index (χ1n) is 5.77. The molecule has 0 bridgehead atoms. The third-order valence-corrected chi connectivity index (χ3v) is 4.67. The Morgan fingerprint density at radius 2 is 2.00 bits per heavy atom. The average molecular weight is 361 g/mol. The monoisotopic (exact) mass is 359 g/mol. The van der Waals surface area contributed by atoms with Gasteiger partial charge in [-0.3, -0.25) is 4.79 Å². The predicted molar refractivity (Wildman–Crippen MR) is 76.7 cm³/mol. The summed E-state index contributed by atoms with van der Waals surface area (Å²) in [5.41, 5.74) is 1.89. The molecule has 1 fully saturated rings. The van der Waals surface area contributed by atoms with Crippen LogP contribution in [0.25, 0.3) is 0 Å². The zero-order valence-corrected chi connectivity index (χ0v) is 12.9. The van der Waals surface area contributed by atoms with Crippen molar-refractivity contribution in [1.29, 1.82) is 0 Å². The SMILES string of the molecule is Cc1ccc(Br)c(C(=O)N2CCC(Br)CC2)c1. The number of likely N-dealkylation sites (tertiary alicyclic amines) is 1. The largest absolute Gasteiger partial charge is 0.339 e. The van der Waals surface area contributed by atoms with Crippen molar-refractivity contribution in [3.63, 3.8) is 0 Å². The second-order valence-electron chi connectivity index (χ2n) is 4.45. The van der Waals surface area contributed by atoms with Crippen molar-refractivity contribution >= 4 is 37.8 Å². The predicted octanol–water partition coefficient (Wildman–Crippen LogP) is 3.76. The summed E-state index contributed by atoms with van der Waals surface area (Å²) in [6.07, 6.45) is 2.07. The fourth-order valence-corrected chi connectivity index (χ4v) is 2.85. The van der Waals surface area contributed by atoms with Gasteiger partial charge in [-0.05, 0) is 47.8 Å². The lowest BCUT2D eigenvalue weighted by Gasteiger charge is -2.29. The number of carbonyl (C=O) groups is 1. The highest BCUT2D eigenvalue weighted by Crippen LogP contribution is 2.23. The standard InChI is InChI=1S/C13H15Br2NO/c1-9-2-3-12(15)11(8-9)13(17)16-6-4-10(14)5-7-16/h2-3,8,10H,4-7H2,1H3. The second-order valence-corrected chi connectivity index (χ2v) is 6.60. The van der Waals surface area contributed by atoms with E-state index in [0.717, 1.165) is 41.5 Å². The van der Waals surface area contributed by atoms with E-state index in [9.17, 15) is 4.79 Å². The van der Waals surface area contributed by atoms with E-state index in [0.29, 0.717) is 4.83 Å². The van der Waals surface area contributed by atoms with E-state index in [-0.39, 0.29) is 5.91 Å². The van der Waals surface area contributed by atoms with Crippen LogP contribution in [0.4, 0.5) is 0 Å².